The number of hydrogen-bond acceptors (Lipinski definition) is 1. The van der Waals surface area contributed by atoms with Crippen molar-refractivity contribution in [3.8, 4) is 0 Å². The molecule has 72 valence electrons. The van der Waals surface area contributed by atoms with E-state index in [-0.39, 0.29) is 5.56 Å². The van der Waals surface area contributed by atoms with Gasteiger partial charge in [0.25, 0.3) is 6.43 Å². The first-order chi connectivity index (χ1) is 6.15. The summed E-state index contributed by atoms with van der Waals surface area (Å²) < 4.78 is 24.5. The van der Waals surface area contributed by atoms with Gasteiger partial charge in [0.1, 0.15) is 0 Å². The van der Waals surface area contributed by atoms with Crippen molar-refractivity contribution < 1.29 is 8.78 Å². The summed E-state index contributed by atoms with van der Waals surface area (Å²) in [5.74, 6) is 0. The Hall–Kier alpha value is -0.670. The number of alkyl halides is 2. The van der Waals surface area contributed by atoms with E-state index in [9.17, 15) is 8.78 Å². The second-order valence-electron chi connectivity index (χ2n) is 2.69. The predicted octanol–water partition coefficient (Wildman–Crippen LogP) is 2.78. The fourth-order valence-corrected chi connectivity index (χ4v) is 1.29. The van der Waals surface area contributed by atoms with E-state index >= 15 is 0 Å². The first kappa shape index (κ1) is 10.4. The zero-order valence-electron chi connectivity index (χ0n) is 6.93. The van der Waals surface area contributed by atoms with E-state index in [0.717, 1.165) is 0 Å². The van der Waals surface area contributed by atoms with E-state index in [1.165, 1.54) is 18.2 Å². The van der Waals surface area contributed by atoms with Gasteiger partial charge in [0, 0.05) is 10.6 Å². The molecule has 1 aromatic rings. The van der Waals surface area contributed by atoms with Gasteiger partial charge in [0.2, 0.25) is 0 Å². The highest BCUT2D eigenvalue weighted by atomic mass is 35.5. The number of benzene rings is 1. The van der Waals surface area contributed by atoms with E-state index in [4.69, 9.17) is 17.3 Å². The van der Waals surface area contributed by atoms with Crippen LogP contribution in [0.2, 0.25) is 5.02 Å². The molecule has 0 atom stereocenters. The average molecular weight is 206 g/mol. The largest absolute Gasteiger partial charge is 0.330 e. The molecule has 0 aliphatic carbocycles. The molecular weight excluding hydrogens is 196 g/mol. The summed E-state index contributed by atoms with van der Waals surface area (Å²) in [6.07, 6.45) is -1.92. The van der Waals surface area contributed by atoms with Crippen molar-refractivity contribution >= 4 is 11.6 Å². The van der Waals surface area contributed by atoms with Crippen LogP contribution in [0.15, 0.2) is 18.2 Å². The van der Waals surface area contributed by atoms with Crippen LogP contribution in [-0.4, -0.2) is 6.54 Å². The maximum atomic E-state index is 12.2. The van der Waals surface area contributed by atoms with Gasteiger partial charge in [-0.3, -0.25) is 0 Å². The molecule has 0 spiro atoms. The lowest BCUT2D eigenvalue weighted by atomic mass is 10.1. The third kappa shape index (κ3) is 2.64. The first-order valence-corrected chi connectivity index (χ1v) is 4.29. The highest BCUT2D eigenvalue weighted by Crippen LogP contribution is 2.24. The van der Waals surface area contributed by atoms with Crippen molar-refractivity contribution in [2.75, 3.05) is 6.54 Å². The van der Waals surface area contributed by atoms with E-state index < -0.39 is 6.43 Å². The fraction of sp³-hybridized carbons (Fsp3) is 0.333. The molecule has 0 bridgehead atoms. The number of nitrogens with two attached hydrogens (primary N) is 1. The first-order valence-electron chi connectivity index (χ1n) is 3.91. The number of halogens is 3. The molecule has 0 saturated heterocycles. The van der Waals surface area contributed by atoms with Gasteiger partial charge in [-0.25, -0.2) is 8.78 Å². The predicted molar refractivity (Wildman–Crippen MR) is 49.2 cm³/mol. The van der Waals surface area contributed by atoms with Crippen LogP contribution in [0.25, 0.3) is 0 Å². The Morgan fingerprint density at radius 2 is 2.08 bits per heavy atom. The topological polar surface area (TPSA) is 26.0 Å². The molecule has 0 aliphatic heterocycles. The highest BCUT2D eigenvalue weighted by Gasteiger charge is 2.09. The van der Waals surface area contributed by atoms with Gasteiger partial charge in [-0.05, 0) is 30.7 Å². The van der Waals surface area contributed by atoms with Gasteiger partial charge >= 0.3 is 0 Å². The standard InChI is InChI=1S/C9H10ClF2N/c10-8-2-1-7(9(11)12)5-6(8)3-4-13/h1-2,5,9H,3-4,13H2. The molecule has 2 N–H and O–H groups in total. The van der Waals surface area contributed by atoms with Crippen molar-refractivity contribution in [3.63, 3.8) is 0 Å². The molecule has 1 aromatic carbocycles. The Labute approximate surface area is 80.5 Å². The zero-order chi connectivity index (χ0) is 9.84. The lowest BCUT2D eigenvalue weighted by molar-refractivity contribution is 0.151. The molecular formula is C9H10ClF2N. The minimum Gasteiger partial charge on any atom is -0.330 e. The van der Waals surface area contributed by atoms with Crippen LogP contribution in [0.4, 0.5) is 8.78 Å². The van der Waals surface area contributed by atoms with Gasteiger partial charge in [-0.1, -0.05) is 17.7 Å². The lowest BCUT2D eigenvalue weighted by Gasteiger charge is -2.05. The summed E-state index contributed by atoms with van der Waals surface area (Å²) >= 11 is 5.78. The molecule has 0 saturated carbocycles. The molecule has 0 fully saturated rings. The average Bonchev–Trinajstić information content (AvgIpc) is 2.08. The summed E-state index contributed by atoms with van der Waals surface area (Å²) in [7, 11) is 0. The Bertz CT molecular complexity index is 289. The van der Waals surface area contributed by atoms with Gasteiger partial charge < -0.3 is 5.73 Å². The van der Waals surface area contributed by atoms with Crippen molar-refractivity contribution in [1.82, 2.24) is 0 Å². The second-order valence-corrected chi connectivity index (χ2v) is 3.10. The van der Waals surface area contributed by atoms with Gasteiger partial charge in [0.15, 0.2) is 0 Å². The van der Waals surface area contributed by atoms with Crippen LogP contribution < -0.4 is 5.73 Å². The molecule has 0 radical (unpaired) electrons. The molecule has 0 aromatic heterocycles. The molecule has 0 aliphatic rings. The summed E-state index contributed by atoms with van der Waals surface area (Å²) in [5, 5.41) is 0.495. The summed E-state index contributed by atoms with van der Waals surface area (Å²) in [6.45, 7) is 0.409. The van der Waals surface area contributed by atoms with Gasteiger partial charge in [-0.2, -0.15) is 0 Å². The Morgan fingerprint density at radius 3 is 2.62 bits per heavy atom. The SMILES string of the molecule is NCCc1cc(C(F)F)ccc1Cl. The van der Waals surface area contributed by atoms with Gasteiger partial charge in [0.05, 0.1) is 0 Å². The van der Waals surface area contributed by atoms with E-state index in [1.54, 1.807) is 0 Å². The van der Waals surface area contributed by atoms with Crippen LogP contribution in [0.1, 0.15) is 17.6 Å². The summed E-state index contributed by atoms with van der Waals surface area (Å²) in [4.78, 5) is 0. The van der Waals surface area contributed by atoms with Crippen molar-refractivity contribution in [1.29, 1.82) is 0 Å². The molecule has 4 heteroatoms. The van der Waals surface area contributed by atoms with Crippen molar-refractivity contribution in [2.24, 2.45) is 5.73 Å². The molecule has 1 nitrogen and oxygen atoms in total. The van der Waals surface area contributed by atoms with E-state index in [0.29, 0.717) is 23.6 Å². The van der Waals surface area contributed by atoms with Crippen LogP contribution in [-0.2, 0) is 6.42 Å². The molecule has 1 rings (SSSR count). The van der Waals surface area contributed by atoms with Crippen LogP contribution >= 0.6 is 11.6 Å². The maximum absolute atomic E-state index is 12.2. The third-order valence-electron chi connectivity index (χ3n) is 1.74. The van der Waals surface area contributed by atoms with Gasteiger partial charge in [-0.15, -0.1) is 0 Å². The van der Waals surface area contributed by atoms with Crippen molar-refractivity contribution in [3.05, 3.63) is 34.3 Å². The maximum Gasteiger partial charge on any atom is 0.263 e. The molecule has 0 unspecified atom stereocenters. The van der Waals surface area contributed by atoms with E-state index in [2.05, 4.69) is 0 Å². The zero-order valence-corrected chi connectivity index (χ0v) is 7.69. The summed E-state index contributed by atoms with van der Waals surface area (Å²) in [6, 6.07) is 4.21. The fourth-order valence-electron chi connectivity index (χ4n) is 1.08. The van der Waals surface area contributed by atoms with Crippen LogP contribution in [0.5, 0.6) is 0 Å². The third-order valence-corrected chi connectivity index (χ3v) is 2.10. The lowest BCUT2D eigenvalue weighted by Crippen LogP contribution is -2.03. The molecule has 13 heavy (non-hydrogen) atoms. The number of rotatable bonds is 3. The highest BCUT2D eigenvalue weighted by molar-refractivity contribution is 6.31. The Balaban J connectivity index is 2.97. The quantitative estimate of drug-likeness (QED) is 0.807. The monoisotopic (exact) mass is 205 g/mol. The Morgan fingerprint density at radius 1 is 1.38 bits per heavy atom. The smallest absolute Gasteiger partial charge is 0.263 e. The Kier molecular flexibility index (Phi) is 3.63. The van der Waals surface area contributed by atoms with Crippen molar-refractivity contribution in [2.45, 2.75) is 12.8 Å². The minimum atomic E-state index is -2.45. The number of hydrogen-bond donors (Lipinski definition) is 1. The normalized spacial score (nSPS) is 10.8. The summed E-state index contributed by atoms with van der Waals surface area (Å²) in [5.41, 5.74) is 5.99. The second kappa shape index (κ2) is 4.53. The molecule has 0 amide bonds. The molecule has 0 heterocycles. The van der Waals surface area contributed by atoms with E-state index in [1.807, 2.05) is 0 Å². The van der Waals surface area contributed by atoms with Crippen LogP contribution in [0, 0.1) is 0 Å². The van der Waals surface area contributed by atoms with Crippen LogP contribution in [0.3, 0.4) is 0 Å². The minimum absolute atomic E-state index is 0.00662.